The Morgan fingerprint density at radius 3 is 2.79 bits per heavy atom. The van der Waals surface area contributed by atoms with E-state index in [-0.39, 0.29) is 17.5 Å². The van der Waals surface area contributed by atoms with Crippen LogP contribution in [0.5, 0.6) is 0 Å². The maximum atomic E-state index is 13.2. The van der Waals surface area contributed by atoms with E-state index in [1.165, 1.54) is 23.0 Å². The summed E-state index contributed by atoms with van der Waals surface area (Å²) in [5.74, 6) is 0.935. The van der Waals surface area contributed by atoms with Crippen molar-refractivity contribution in [1.82, 2.24) is 29.2 Å². The molecule has 0 amide bonds. The molecule has 2 aliphatic rings. The van der Waals surface area contributed by atoms with E-state index in [2.05, 4.69) is 29.7 Å². The molecule has 2 aliphatic heterocycles. The van der Waals surface area contributed by atoms with E-state index < -0.39 is 11.9 Å². The van der Waals surface area contributed by atoms with Gasteiger partial charge in [-0.25, -0.2) is 19.9 Å². The molecule has 0 spiro atoms. The Labute approximate surface area is 187 Å². The van der Waals surface area contributed by atoms with Crippen LogP contribution in [0.1, 0.15) is 18.5 Å². The third kappa shape index (κ3) is 3.80. The van der Waals surface area contributed by atoms with Crippen LogP contribution >= 0.6 is 0 Å². The first-order valence-corrected chi connectivity index (χ1v) is 10.6. The molecule has 0 saturated carbocycles. The third-order valence-corrected chi connectivity index (χ3v) is 6.27. The normalized spacial score (nSPS) is 22.0. The SMILES string of the molecule is N=CC(=CN)C1CN(c2ccnc(-c3cnc4cnc(C(F)(F)F)cn34)n2)CC2CCCN21. The predicted molar refractivity (Wildman–Crippen MR) is 116 cm³/mol. The highest BCUT2D eigenvalue weighted by atomic mass is 19.4. The van der Waals surface area contributed by atoms with E-state index >= 15 is 0 Å². The number of halogens is 3. The summed E-state index contributed by atoms with van der Waals surface area (Å²) in [6.45, 7) is 2.32. The molecule has 9 nitrogen and oxygen atoms in total. The summed E-state index contributed by atoms with van der Waals surface area (Å²) < 4.78 is 40.8. The van der Waals surface area contributed by atoms with Gasteiger partial charge in [0.15, 0.2) is 17.2 Å². The summed E-state index contributed by atoms with van der Waals surface area (Å²) in [6, 6.07) is 2.07. The van der Waals surface area contributed by atoms with Crippen LogP contribution in [0.15, 0.2) is 42.6 Å². The van der Waals surface area contributed by atoms with Crippen LogP contribution in [0, 0.1) is 5.41 Å². The van der Waals surface area contributed by atoms with E-state index in [9.17, 15) is 13.2 Å². The van der Waals surface area contributed by atoms with E-state index in [1.54, 1.807) is 12.3 Å². The Balaban J connectivity index is 1.50. The van der Waals surface area contributed by atoms with E-state index in [0.717, 1.165) is 43.9 Å². The van der Waals surface area contributed by atoms with E-state index in [0.29, 0.717) is 24.1 Å². The Morgan fingerprint density at radius 2 is 2.03 bits per heavy atom. The lowest BCUT2D eigenvalue weighted by molar-refractivity contribution is -0.141. The molecule has 172 valence electrons. The predicted octanol–water partition coefficient (Wildman–Crippen LogP) is 2.35. The number of fused-ring (bicyclic) bond motifs is 2. The fourth-order valence-electron chi connectivity index (χ4n) is 4.70. The summed E-state index contributed by atoms with van der Waals surface area (Å²) in [5, 5.41) is 7.75. The maximum Gasteiger partial charge on any atom is 0.434 e. The van der Waals surface area contributed by atoms with Crippen molar-refractivity contribution in [3.8, 4) is 11.5 Å². The van der Waals surface area contributed by atoms with Gasteiger partial charge in [0.25, 0.3) is 0 Å². The van der Waals surface area contributed by atoms with Gasteiger partial charge < -0.3 is 16.0 Å². The Bertz CT molecular complexity index is 1220. The zero-order valence-corrected chi connectivity index (χ0v) is 17.6. The van der Waals surface area contributed by atoms with Gasteiger partial charge in [-0.3, -0.25) is 9.30 Å². The standard InChI is InChI=1S/C21H22F3N9/c22-21(23,24)17-12-33-15(8-29-19(33)9-28-17)20-27-4-3-18(30-20)31-10-14-2-1-5-32(14)16(11-31)13(6-25)7-26/h3-4,6-9,12,14,16,25H,1-2,5,10-11,26H2. The fourth-order valence-corrected chi connectivity index (χ4v) is 4.70. The molecule has 2 atom stereocenters. The number of aromatic nitrogens is 5. The minimum atomic E-state index is -4.57. The van der Waals surface area contributed by atoms with Gasteiger partial charge in [-0.1, -0.05) is 0 Å². The zero-order chi connectivity index (χ0) is 23.2. The molecule has 33 heavy (non-hydrogen) atoms. The Kier molecular flexibility index (Phi) is 5.23. The number of nitrogens with one attached hydrogen (secondary N) is 1. The summed E-state index contributed by atoms with van der Waals surface area (Å²) in [4.78, 5) is 21.1. The van der Waals surface area contributed by atoms with Crippen LogP contribution in [0.2, 0.25) is 0 Å². The van der Waals surface area contributed by atoms with Gasteiger partial charge in [0.1, 0.15) is 11.5 Å². The van der Waals surface area contributed by atoms with Crippen LogP contribution in [0.3, 0.4) is 0 Å². The summed E-state index contributed by atoms with van der Waals surface area (Å²) >= 11 is 0. The number of hydrogen-bond acceptors (Lipinski definition) is 8. The minimum Gasteiger partial charge on any atom is -0.404 e. The van der Waals surface area contributed by atoms with Gasteiger partial charge in [-0.15, -0.1) is 0 Å². The highest BCUT2D eigenvalue weighted by molar-refractivity contribution is 5.77. The van der Waals surface area contributed by atoms with Crippen LogP contribution in [0.4, 0.5) is 19.0 Å². The molecule has 2 saturated heterocycles. The maximum absolute atomic E-state index is 13.2. The van der Waals surface area contributed by atoms with Crippen molar-refractivity contribution in [1.29, 1.82) is 5.41 Å². The Morgan fingerprint density at radius 1 is 1.18 bits per heavy atom. The van der Waals surface area contributed by atoms with E-state index in [1.807, 2.05) is 0 Å². The molecule has 0 aromatic carbocycles. The number of piperazine rings is 1. The minimum absolute atomic E-state index is 0.0246. The first-order chi connectivity index (χ1) is 15.9. The summed E-state index contributed by atoms with van der Waals surface area (Å²) in [5.41, 5.74) is 6.13. The van der Waals surface area contributed by atoms with Crippen LogP contribution in [0.25, 0.3) is 17.2 Å². The molecule has 3 aromatic heterocycles. The quantitative estimate of drug-likeness (QED) is 0.579. The topological polar surface area (TPSA) is 112 Å². The second-order valence-corrected chi connectivity index (χ2v) is 8.15. The second kappa shape index (κ2) is 8.10. The molecule has 0 radical (unpaired) electrons. The lowest BCUT2D eigenvalue weighted by Gasteiger charge is -2.44. The molecular weight excluding hydrogens is 435 g/mol. The highest BCUT2D eigenvalue weighted by Crippen LogP contribution is 2.32. The molecule has 5 heterocycles. The third-order valence-electron chi connectivity index (χ3n) is 6.27. The molecule has 3 aromatic rings. The lowest BCUT2D eigenvalue weighted by Crippen LogP contribution is -2.57. The summed E-state index contributed by atoms with van der Waals surface area (Å²) in [7, 11) is 0. The van der Waals surface area contributed by atoms with Gasteiger partial charge in [-0.05, 0) is 25.5 Å². The average molecular weight is 457 g/mol. The molecule has 0 bridgehead atoms. The number of alkyl halides is 3. The van der Waals surface area contributed by atoms with Crippen molar-refractivity contribution in [3.63, 3.8) is 0 Å². The van der Waals surface area contributed by atoms with Crippen LogP contribution in [-0.2, 0) is 6.18 Å². The fraction of sp³-hybridized carbons (Fsp3) is 0.381. The number of nitrogens with two attached hydrogens (primary N) is 1. The monoisotopic (exact) mass is 457 g/mol. The van der Waals surface area contributed by atoms with Crippen LogP contribution < -0.4 is 10.6 Å². The van der Waals surface area contributed by atoms with Crippen molar-refractivity contribution >= 4 is 17.7 Å². The number of anilines is 1. The average Bonchev–Trinajstić information content (AvgIpc) is 3.46. The molecule has 2 unspecified atom stereocenters. The number of nitrogens with zero attached hydrogens (tertiary/aromatic N) is 7. The van der Waals surface area contributed by atoms with Crippen molar-refractivity contribution in [2.75, 3.05) is 24.5 Å². The number of hydrogen-bond donors (Lipinski definition) is 2. The van der Waals surface area contributed by atoms with Gasteiger partial charge >= 0.3 is 6.18 Å². The first-order valence-electron chi connectivity index (χ1n) is 10.6. The second-order valence-electron chi connectivity index (χ2n) is 8.15. The van der Waals surface area contributed by atoms with Gasteiger partial charge in [0.05, 0.1) is 18.4 Å². The first kappa shape index (κ1) is 21.3. The van der Waals surface area contributed by atoms with Crippen molar-refractivity contribution in [3.05, 3.63) is 48.3 Å². The zero-order valence-electron chi connectivity index (χ0n) is 17.6. The van der Waals surface area contributed by atoms with Gasteiger partial charge in [0, 0.05) is 49.5 Å². The smallest absolute Gasteiger partial charge is 0.404 e. The molecule has 12 heteroatoms. The molecule has 0 aliphatic carbocycles. The van der Waals surface area contributed by atoms with Gasteiger partial charge in [0.2, 0.25) is 0 Å². The highest BCUT2D eigenvalue weighted by Gasteiger charge is 2.39. The number of imidazole rings is 1. The number of rotatable bonds is 4. The lowest BCUT2D eigenvalue weighted by atomic mass is 10.0. The van der Waals surface area contributed by atoms with E-state index in [4.69, 9.17) is 11.1 Å². The van der Waals surface area contributed by atoms with Gasteiger partial charge in [-0.2, -0.15) is 13.2 Å². The molecule has 3 N–H and O–H groups in total. The van der Waals surface area contributed by atoms with Crippen molar-refractivity contribution in [2.24, 2.45) is 5.73 Å². The van der Waals surface area contributed by atoms with Crippen LogP contribution in [-0.4, -0.2) is 67.2 Å². The summed E-state index contributed by atoms with van der Waals surface area (Å²) in [6.07, 6.45) is 5.34. The molecule has 2 fully saturated rings. The molecular formula is C21H22F3N9. The molecule has 5 rings (SSSR count). The van der Waals surface area contributed by atoms with Crippen molar-refractivity contribution < 1.29 is 13.2 Å². The largest absolute Gasteiger partial charge is 0.434 e. The Hall–Kier alpha value is -3.54. The van der Waals surface area contributed by atoms with Crippen molar-refractivity contribution in [2.45, 2.75) is 31.1 Å².